The van der Waals surface area contributed by atoms with Crippen molar-refractivity contribution in [2.75, 3.05) is 11.1 Å². The fourth-order valence-electron chi connectivity index (χ4n) is 2.69. The first-order chi connectivity index (χ1) is 14.9. The highest BCUT2D eigenvalue weighted by Crippen LogP contribution is 2.26. The van der Waals surface area contributed by atoms with E-state index in [-0.39, 0.29) is 17.3 Å². The predicted molar refractivity (Wildman–Crippen MR) is 119 cm³/mol. The molecule has 2 aromatic heterocycles. The van der Waals surface area contributed by atoms with Gasteiger partial charge in [0.25, 0.3) is 5.69 Å². The van der Waals surface area contributed by atoms with Crippen LogP contribution in [0.4, 0.5) is 11.4 Å². The molecule has 0 fully saturated rings. The lowest BCUT2D eigenvalue weighted by Crippen LogP contribution is -2.14. The summed E-state index contributed by atoms with van der Waals surface area (Å²) in [5, 5.41) is 27.5. The minimum Gasteiger partial charge on any atom is -0.325 e. The summed E-state index contributed by atoms with van der Waals surface area (Å²) in [6, 6.07) is 14.4. The van der Waals surface area contributed by atoms with E-state index >= 15 is 0 Å². The number of nitrogens with zero attached hydrogens (tertiary/aromatic N) is 5. The van der Waals surface area contributed by atoms with Crippen LogP contribution in [0.15, 0.2) is 59.8 Å². The first kappa shape index (κ1) is 21.0. The Kier molecular flexibility index (Phi) is 6.03. The molecular weight excluding hydrogens is 463 g/mol. The van der Waals surface area contributed by atoms with Crippen LogP contribution in [-0.2, 0) is 4.79 Å². The number of nitro benzene ring substituents is 1. The Morgan fingerprint density at radius 2 is 1.94 bits per heavy atom. The number of hydrogen-bond donors (Lipinski definition) is 1. The molecular formula is C19H12Cl2N6O3S. The SMILES string of the molecule is O=C(CSc1nnc2ccc(-c3cccc([N+](=O)[O-])c3)nn12)Nc1ccc(Cl)c(Cl)c1. The molecule has 4 rings (SSSR count). The molecule has 12 heteroatoms. The van der Waals surface area contributed by atoms with Crippen LogP contribution < -0.4 is 5.32 Å². The number of benzene rings is 2. The van der Waals surface area contributed by atoms with E-state index in [1.807, 2.05) is 0 Å². The lowest BCUT2D eigenvalue weighted by molar-refractivity contribution is -0.384. The Labute approximate surface area is 189 Å². The number of aromatic nitrogens is 4. The maximum absolute atomic E-state index is 12.3. The summed E-state index contributed by atoms with van der Waals surface area (Å²) in [6.45, 7) is 0. The molecule has 9 nitrogen and oxygen atoms in total. The highest BCUT2D eigenvalue weighted by Gasteiger charge is 2.14. The van der Waals surface area contributed by atoms with Crippen LogP contribution >= 0.6 is 35.0 Å². The standard InChI is InChI=1S/C19H12Cl2N6O3S/c20-14-5-4-12(9-15(14)21)22-18(28)10-31-19-24-23-17-7-6-16(25-26(17)19)11-2-1-3-13(8-11)27(29)30/h1-9H,10H2,(H,22,28). The number of fused-ring (bicyclic) bond motifs is 1. The maximum atomic E-state index is 12.3. The summed E-state index contributed by atoms with van der Waals surface area (Å²) in [4.78, 5) is 22.8. The van der Waals surface area contributed by atoms with E-state index in [0.29, 0.717) is 37.8 Å². The molecule has 0 aliphatic rings. The quantitative estimate of drug-likeness (QED) is 0.243. The molecule has 1 amide bonds. The summed E-state index contributed by atoms with van der Waals surface area (Å²) in [7, 11) is 0. The number of nitro groups is 1. The first-order valence-electron chi connectivity index (χ1n) is 8.76. The number of carbonyl (C=O) groups is 1. The van der Waals surface area contributed by atoms with Gasteiger partial charge in [-0.1, -0.05) is 47.1 Å². The van der Waals surface area contributed by atoms with Crippen LogP contribution in [0.2, 0.25) is 10.0 Å². The molecule has 0 atom stereocenters. The van der Waals surface area contributed by atoms with Gasteiger partial charge in [0, 0.05) is 23.4 Å². The predicted octanol–water partition coefficient (Wildman–Crippen LogP) is 4.74. The number of carbonyl (C=O) groups excluding carboxylic acids is 1. The minimum absolute atomic E-state index is 0.0308. The Morgan fingerprint density at radius 1 is 1.10 bits per heavy atom. The van der Waals surface area contributed by atoms with Gasteiger partial charge in [-0.2, -0.15) is 9.61 Å². The summed E-state index contributed by atoms with van der Waals surface area (Å²) in [5.74, 6) is -0.209. The molecule has 0 spiro atoms. The Morgan fingerprint density at radius 3 is 2.71 bits per heavy atom. The molecule has 0 saturated carbocycles. The fraction of sp³-hybridized carbons (Fsp3) is 0.0526. The van der Waals surface area contributed by atoms with Crippen molar-refractivity contribution in [2.45, 2.75) is 5.16 Å². The van der Waals surface area contributed by atoms with Gasteiger partial charge in [-0.25, -0.2) is 0 Å². The highest BCUT2D eigenvalue weighted by atomic mass is 35.5. The van der Waals surface area contributed by atoms with E-state index < -0.39 is 4.92 Å². The van der Waals surface area contributed by atoms with E-state index in [0.717, 1.165) is 11.8 Å². The highest BCUT2D eigenvalue weighted by molar-refractivity contribution is 7.99. The molecule has 0 radical (unpaired) electrons. The molecule has 31 heavy (non-hydrogen) atoms. The zero-order valence-corrected chi connectivity index (χ0v) is 17.9. The molecule has 0 aliphatic heterocycles. The van der Waals surface area contributed by atoms with Crippen molar-refractivity contribution in [1.29, 1.82) is 0 Å². The molecule has 0 bridgehead atoms. The number of amides is 1. The van der Waals surface area contributed by atoms with Gasteiger partial charge >= 0.3 is 0 Å². The van der Waals surface area contributed by atoms with Crippen LogP contribution in [0.3, 0.4) is 0 Å². The summed E-state index contributed by atoms with van der Waals surface area (Å²) in [5.41, 5.74) is 2.08. The van der Waals surface area contributed by atoms with Gasteiger partial charge in [0.2, 0.25) is 11.1 Å². The van der Waals surface area contributed by atoms with Gasteiger partial charge in [-0.15, -0.1) is 10.2 Å². The topological polar surface area (TPSA) is 115 Å². The zero-order chi connectivity index (χ0) is 22.0. The molecule has 0 aliphatic carbocycles. The van der Waals surface area contributed by atoms with Crippen molar-refractivity contribution in [3.8, 4) is 11.3 Å². The first-order valence-corrected chi connectivity index (χ1v) is 10.5. The number of anilines is 1. The van der Waals surface area contributed by atoms with Crippen LogP contribution in [0.1, 0.15) is 0 Å². The Bertz CT molecular complexity index is 1310. The van der Waals surface area contributed by atoms with Crippen molar-refractivity contribution < 1.29 is 9.72 Å². The molecule has 156 valence electrons. The van der Waals surface area contributed by atoms with Crippen molar-refractivity contribution in [2.24, 2.45) is 0 Å². The van der Waals surface area contributed by atoms with Crippen LogP contribution in [-0.4, -0.2) is 36.4 Å². The van der Waals surface area contributed by atoms with Gasteiger partial charge in [0.05, 0.1) is 26.4 Å². The summed E-state index contributed by atoms with van der Waals surface area (Å²) in [6.07, 6.45) is 0. The molecule has 2 aromatic carbocycles. The monoisotopic (exact) mass is 474 g/mol. The average Bonchev–Trinajstić information content (AvgIpc) is 3.17. The van der Waals surface area contributed by atoms with Crippen LogP contribution in [0, 0.1) is 10.1 Å². The van der Waals surface area contributed by atoms with E-state index in [1.165, 1.54) is 16.6 Å². The van der Waals surface area contributed by atoms with E-state index in [1.54, 1.807) is 42.5 Å². The minimum atomic E-state index is -0.464. The third kappa shape index (κ3) is 4.76. The smallest absolute Gasteiger partial charge is 0.270 e. The second-order valence-electron chi connectivity index (χ2n) is 6.24. The summed E-state index contributed by atoms with van der Waals surface area (Å²) < 4.78 is 1.49. The molecule has 0 saturated heterocycles. The second kappa shape index (κ2) is 8.88. The van der Waals surface area contributed by atoms with E-state index in [9.17, 15) is 14.9 Å². The maximum Gasteiger partial charge on any atom is 0.270 e. The van der Waals surface area contributed by atoms with Gasteiger partial charge in [-0.05, 0) is 30.3 Å². The third-order valence-electron chi connectivity index (χ3n) is 4.12. The number of rotatable bonds is 6. The molecule has 4 aromatic rings. The zero-order valence-electron chi connectivity index (χ0n) is 15.5. The lowest BCUT2D eigenvalue weighted by Gasteiger charge is -2.06. The van der Waals surface area contributed by atoms with E-state index in [4.69, 9.17) is 23.2 Å². The fourth-order valence-corrected chi connectivity index (χ4v) is 3.68. The van der Waals surface area contributed by atoms with Gasteiger partial charge in [-0.3, -0.25) is 14.9 Å². The normalized spacial score (nSPS) is 10.9. The lowest BCUT2D eigenvalue weighted by atomic mass is 10.1. The number of non-ortho nitro benzene ring substituents is 1. The van der Waals surface area contributed by atoms with Crippen LogP contribution in [0.25, 0.3) is 16.9 Å². The Hall–Kier alpha value is -3.21. The average molecular weight is 475 g/mol. The van der Waals surface area contributed by atoms with E-state index in [2.05, 4.69) is 20.6 Å². The molecule has 1 N–H and O–H groups in total. The number of nitrogens with one attached hydrogen (secondary N) is 1. The van der Waals surface area contributed by atoms with Crippen molar-refractivity contribution in [3.63, 3.8) is 0 Å². The van der Waals surface area contributed by atoms with Crippen molar-refractivity contribution >= 4 is 57.9 Å². The number of halogens is 2. The van der Waals surface area contributed by atoms with Gasteiger partial charge in [0.15, 0.2) is 5.65 Å². The number of hydrogen-bond acceptors (Lipinski definition) is 7. The second-order valence-corrected chi connectivity index (χ2v) is 8.00. The van der Waals surface area contributed by atoms with Crippen LogP contribution in [0.5, 0.6) is 0 Å². The number of thioether (sulfide) groups is 1. The molecule has 0 unspecified atom stereocenters. The third-order valence-corrected chi connectivity index (χ3v) is 5.78. The Balaban J connectivity index is 1.51. The largest absolute Gasteiger partial charge is 0.325 e. The van der Waals surface area contributed by atoms with Gasteiger partial charge < -0.3 is 5.32 Å². The van der Waals surface area contributed by atoms with Gasteiger partial charge in [0.1, 0.15) is 0 Å². The van der Waals surface area contributed by atoms with Crippen molar-refractivity contribution in [1.82, 2.24) is 19.8 Å². The van der Waals surface area contributed by atoms with Crippen molar-refractivity contribution in [3.05, 3.63) is 74.8 Å². The molecule has 2 heterocycles. The summed E-state index contributed by atoms with van der Waals surface area (Å²) >= 11 is 13.0.